The topological polar surface area (TPSA) is 66.6 Å². The molecule has 37 heavy (non-hydrogen) atoms. The third-order valence-electron chi connectivity index (χ3n) is 6.63. The highest BCUT2D eigenvalue weighted by Crippen LogP contribution is 2.32. The number of anilines is 2. The molecule has 5 aromatic rings. The van der Waals surface area contributed by atoms with Gasteiger partial charge in [0.1, 0.15) is 6.33 Å². The van der Waals surface area contributed by atoms with Crippen molar-refractivity contribution in [3.8, 4) is 0 Å². The maximum absolute atomic E-state index is 13.2. The standard InChI is InChI=1S/C27H21F3N6O/c28-27(29,30)20-7-4-8-21(16-20)34-11-13-35(14-12-34)25-26-33-31-17-36(26)23-15-19(9-10-22(23)32-25)24(37)18-5-2-1-3-6-18/h1-10,15-17H,11-14H2. The van der Waals surface area contributed by atoms with E-state index in [1.807, 2.05) is 33.6 Å². The molecule has 0 radical (unpaired) electrons. The fourth-order valence-electron chi connectivity index (χ4n) is 4.70. The fraction of sp³-hybridized carbons (Fsp3) is 0.185. The van der Waals surface area contributed by atoms with E-state index in [-0.39, 0.29) is 5.78 Å². The average molecular weight is 503 g/mol. The number of alkyl halides is 3. The molecule has 10 heteroatoms. The summed E-state index contributed by atoms with van der Waals surface area (Å²) in [6.45, 7) is 2.18. The molecule has 7 nitrogen and oxygen atoms in total. The van der Waals surface area contributed by atoms with Crippen LogP contribution in [0.2, 0.25) is 0 Å². The van der Waals surface area contributed by atoms with Gasteiger partial charge in [-0.2, -0.15) is 13.2 Å². The largest absolute Gasteiger partial charge is 0.416 e. The van der Waals surface area contributed by atoms with Crippen molar-refractivity contribution in [2.45, 2.75) is 6.18 Å². The van der Waals surface area contributed by atoms with Crippen LogP contribution < -0.4 is 9.80 Å². The number of piperazine rings is 1. The normalized spacial score (nSPS) is 14.5. The van der Waals surface area contributed by atoms with E-state index in [2.05, 4.69) is 15.1 Å². The minimum atomic E-state index is -4.38. The molecule has 0 bridgehead atoms. The van der Waals surface area contributed by atoms with E-state index in [1.54, 1.807) is 36.7 Å². The Morgan fingerprint density at radius 3 is 2.32 bits per heavy atom. The van der Waals surface area contributed by atoms with Crippen LogP contribution in [0.1, 0.15) is 21.5 Å². The van der Waals surface area contributed by atoms with Gasteiger partial charge in [0.05, 0.1) is 16.6 Å². The second kappa shape index (κ2) is 8.88. The first kappa shape index (κ1) is 23.0. The molecule has 186 valence electrons. The van der Waals surface area contributed by atoms with Gasteiger partial charge < -0.3 is 9.80 Å². The number of hydrogen-bond acceptors (Lipinski definition) is 6. The summed E-state index contributed by atoms with van der Waals surface area (Å²) in [4.78, 5) is 21.8. The van der Waals surface area contributed by atoms with E-state index in [0.717, 1.165) is 6.07 Å². The van der Waals surface area contributed by atoms with Crippen molar-refractivity contribution in [1.82, 2.24) is 19.6 Å². The molecule has 0 saturated carbocycles. The molecular weight excluding hydrogens is 481 g/mol. The summed E-state index contributed by atoms with van der Waals surface area (Å²) in [5.74, 6) is 0.564. The monoisotopic (exact) mass is 502 g/mol. The highest BCUT2D eigenvalue weighted by atomic mass is 19.4. The third kappa shape index (κ3) is 4.24. The second-order valence-corrected chi connectivity index (χ2v) is 8.88. The van der Waals surface area contributed by atoms with Gasteiger partial charge in [-0.1, -0.05) is 36.4 Å². The van der Waals surface area contributed by atoms with Gasteiger partial charge in [0.2, 0.25) is 5.65 Å². The van der Waals surface area contributed by atoms with Gasteiger partial charge in [0.25, 0.3) is 0 Å². The number of ketones is 1. The SMILES string of the molecule is O=C(c1ccccc1)c1ccc2nc(N3CCN(c4cccc(C(F)(F)F)c4)CC3)c3nncn3c2c1. The molecule has 3 aromatic carbocycles. The average Bonchev–Trinajstić information content (AvgIpc) is 3.43. The number of carbonyl (C=O) groups excluding carboxylic acids is 1. The van der Waals surface area contributed by atoms with Gasteiger partial charge in [0.15, 0.2) is 11.6 Å². The summed E-state index contributed by atoms with van der Waals surface area (Å²) in [7, 11) is 0. The van der Waals surface area contributed by atoms with Gasteiger partial charge in [-0.3, -0.25) is 9.20 Å². The van der Waals surface area contributed by atoms with Crippen molar-refractivity contribution in [2.75, 3.05) is 36.0 Å². The Morgan fingerprint density at radius 1 is 0.811 bits per heavy atom. The zero-order chi connectivity index (χ0) is 25.6. The first-order chi connectivity index (χ1) is 17.9. The lowest BCUT2D eigenvalue weighted by Gasteiger charge is -2.37. The maximum atomic E-state index is 13.2. The van der Waals surface area contributed by atoms with Crippen molar-refractivity contribution < 1.29 is 18.0 Å². The van der Waals surface area contributed by atoms with Crippen LogP contribution in [0.4, 0.5) is 24.7 Å². The Morgan fingerprint density at radius 2 is 1.57 bits per heavy atom. The number of hydrogen-bond donors (Lipinski definition) is 0. The van der Waals surface area contributed by atoms with E-state index < -0.39 is 11.7 Å². The Hall–Kier alpha value is -4.47. The Bertz CT molecular complexity index is 1610. The van der Waals surface area contributed by atoms with Gasteiger partial charge in [-0.15, -0.1) is 10.2 Å². The summed E-state index contributed by atoms with van der Waals surface area (Å²) in [5, 5.41) is 8.36. The molecule has 2 aromatic heterocycles. The molecule has 1 saturated heterocycles. The summed E-state index contributed by atoms with van der Waals surface area (Å²) in [6, 6.07) is 19.8. The Kier molecular flexibility index (Phi) is 5.51. The molecular formula is C27H21F3N6O. The number of benzene rings is 3. The summed E-state index contributed by atoms with van der Waals surface area (Å²) in [5.41, 5.74) is 3.00. The van der Waals surface area contributed by atoms with Crippen molar-refractivity contribution in [2.24, 2.45) is 0 Å². The van der Waals surface area contributed by atoms with E-state index in [4.69, 9.17) is 4.98 Å². The first-order valence-corrected chi connectivity index (χ1v) is 11.8. The van der Waals surface area contributed by atoms with Crippen LogP contribution in [0.25, 0.3) is 16.7 Å². The smallest absolute Gasteiger partial charge is 0.368 e. The molecule has 0 amide bonds. The minimum absolute atomic E-state index is 0.0847. The van der Waals surface area contributed by atoms with E-state index >= 15 is 0 Å². The molecule has 0 unspecified atom stereocenters. The summed E-state index contributed by atoms with van der Waals surface area (Å²) in [6.07, 6.45) is -2.78. The molecule has 1 aliphatic rings. The predicted octanol–water partition coefficient (Wildman–Crippen LogP) is 4.85. The Labute approximate surface area is 209 Å². The Balaban J connectivity index is 1.28. The van der Waals surface area contributed by atoms with Crippen molar-refractivity contribution in [1.29, 1.82) is 0 Å². The number of carbonyl (C=O) groups is 1. The van der Waals surface area contributed by atoms with Gasteiger partial charge >= 0.3 is 6.18 Å². The number of nitrogens with zero attached hydrogens (tertiary/aromatic N) is 6. The summed E-state index contributed by atoms with van der Waals surface area (Å²) >= 11 is 0. The fourth-order valence-corrected chi connectivity index (χ4v) is 4.70. The second-order valence-electron chi connectivity index (χ2n) is 8.88. The zero-order valence-corrected chi connectivity index (χ0v) is 19.6. The van der Waals surface area contributed by atoms with Gasteiger partial charge in [0, 0.05) is 43.0 Å². The zero-order valence-electron chi connectivity index (χ0n) is 19.6. The van der Waals surface area contributed by atoms with Crippen molar-refractivity contribution in [3.05, 3.63) is 95.8 Å². The quantitative estimate of drug-likeness (QED) is 0.327. The van der Waals surface area contributed by atoms with E-state index in [9.17, 15) is 18.0 Å². The van der Waals surface area contributed by atoms with Gasteiger partial charge in [-0.25, -0.2) is 4.98 Å². The van der Waals surface area contributed by atoms with Crippen molar-refractivity contribution >= 4 is 34.0 Å². The predicted molar refractivity (Wildman–Crippen MR) is 134 cm³/mol. The molecule has 0 N–H and O–H groups in total. The first-order valence-electron chi connectivity index (χ1n) is 11.8. The van der Waals surface area contributed by atoms with Crippen LogP contribution in [-0.4, -0.2) is 51.5 Å². The van der Waals surface area contributed by atoms with Crippen LogP contribution >= 0.6 is 0 Å². The lowest BCUT2D eigenvalue weighted by molar-refractivity contribution is -0.137. The molecule has 0 spiro atoms. The minimum Gasteiger partial charge on any atom is -0.368 e. The number of halogens is 3. The molecule has 3 heterocycles. The summed E-state index contributed by atoms with van der Waals surface area (Å²) < 4.78 is 41.3. The van der Waals surface area contributed by atoms with Gasteiger partial charge in [-0.05, 0) is 36.4 Å². The molecule has 0 aliphatic carbocycles. The highest BCUT2D eigenvalue weighted by Gasteiger charge is 2.31. The lowest BCUT2D eigenvalue weighted by atomic mass is 10.0. The third-order valence-corrected chi connectivity index (χ3v) is 6.63. The van der Waals surface area contributed by atoms with Crippen molar-refractivity contribution in [3.63, 3.8) is 0 Å². The van der Waals surface area contributed by atoms with E-state index in [1.165, 1.54) is 12.1 Å². The molecule has 1 fully saturated rings. The van der Waals surface area contributed by atoms with Crippen LogP contribution in [0.3, 0.4) is 0 Å². The van der Waals surface area contributed by atoms with E-state index in [0.29, 0.717) is 65.5 Å². The number of aromatic nitrogens is 4. The highest BCUT2D eigenvalue weighted by molar-refractivity contribution is 6.10. The number of rotatable bonds is 4. The van der Waals surface area contributed by atoms with Crippen LogP contribution in [-0.2, 0) is 6.18 Å². The number of fused-ring (bicyclic) bond motifs is 3. The van der Waals surface area contributed by atoms with Crippen LogP contribution in [0.5, 0.6) is 0 Å². The molecule has 6 rings (SSSR count). The lowest BCUT2D eigenvalue weighted by Crippen LogP contribution is -2.47. The molecule has 0 atom stereocenters. The maximum Gasteiger partial charge on any atom is 0.416 e. The molecule has 1 aliphatic heterocycles. The van der Waals surface area contributed by atoms with Crippen LogP contribution in [0.15, 0.2) is 79.1 Å². The van der Waals surface area contributed by atoms with Crippen LogP contribution in [0, 0.1) is 0 Å².